The number of carboxylic acid groups (broad SMARTS) is 1. The molecule has 4 N–H and O–H groups in total. The summed E-state index contributed by atoms with van der Waals surface area (Å²) in [5, 5.41) is 8.89. The maximum atomic E-state index is 12.6. The minimum Gasteiger partial charge on any atom is -0.480 e. The van der Waals surface area contributed by atoms with Gasteiger partial charge in [-0.15, -0.1) is 0 Å². The number of carboxylic acids is 1. The van der Waals surface area contributed by atoms with Crippen molar-refractivity contribution in [3.63, 3.8) is 0 Å². The zero-order valence-corrected chi connectivity index (χ0v) is 37.4. The average molecular weight is 858 g/mol. The first kappa shape index (κ1) is 56.1. The van der Waals surface area contributed by atoms with Crippen molar-refractivity contribution in [2.45, 2.75) is 154 Å². The van der Waals surface area contributed by atoms with Gasteiger partial charge in [0.1, 0.15) is 12.6 Å². The summed E-state index contributed by atoms with van der Waals surface area (Å²) in [6.07, 6.45) is 54.5. The molecular weight excluding hydrogens is 781 g/mol. The van der Waals surface area contributed by atoms with E-state index in [1.54, 1.807) is 0 Å². The molecule has 0 aromatic rings. The number of unbranched alkanes of at least 4 members (excludes halogenated alkanes) is 7. The fourth-order valence-corrected chi connectivity index (χ4v) is 5.87. The molecule has 0 rings (SSSR count). The third-order valence-corrected chi connectivity index (χ3v) is 9.47. The van der Waals surface area contributed by atoms with Crippen LogP contribution in [0.25, 0.3) is 0 Å². The van der Waals surface area contributed by atoms with E-state index in [9.17, 15) is 23.8 Å². The van der Waals surface area contributed by atoms with Crippen LogP contribution in [0.5, 0.6) is 0 Å². The van der Waals surface area contributed by atoms with Crippen LogP contribution in [0.1, 0.15) is 142 Å². The Hall–Kier alpha value is -3.86. The first-order valence-corrected chi connectivity index (χ1v) is 23.4. The van der Waals surface area contributed by atoms with Gasteiger partial charge in [0.2, 0.25) is 0 Å². The lowest BCUT2D eigenvalue weighted by Crippen LogP contribution is -2.34. The van der Waals surface area contributed by atoms with E-state index in [-0.39, 0.29) is 12.8 Å². The number of phosphoric ester groups is 1. The summed E-state index contributed by atoms with van der Waals surface area (Å²) in [6, 6.07) is -1.54. The second-order valence-corrected chi connectivity index (χ2v) is 15.5. The van der Waals surface area contributed by atoms with Gasteiger partial charge in [0.15, 0.2) is 6.10 Å². The Bertz CT molecular complexity index is 1430. The van der Waals surface area contributed by atoms with Crippen molar-refractivity contribution in [2.24, 2.45) is 5.73 Å². The highest BCUT2D eigenvalue weighted by atomic mass is 31.2. The minimum absolute atomic E-state index is 0.0239. The quantitative estimate of drug-likeness (QED) is 0.0232. The highest BCUT2D eigenvalue weighted by molar-refractivity contribution is 7.47. The average Bonchev–Trinajstić information content (AvgIpc) is 3.22. The highest BCUT2D eigenvalue weighted by Crippen LogP contribution is 2.43. The summed E-state index contributed by atoms with van der Waals surface area (Å²) in [5.41, 5.74) is 5.33. The molecule has 0 saturated carbocycles. The number of allylic oxidation sites excluding steroid dienone is 18. The molecule has 0 aliphatic heterocycles. The fourth-order valence-electron chi connectivity index (χ4n) is 5.10. The first-order valence-electron chi connectivity index (χ1n) is 21.9. The highest BCUT2D eigenvalue weighted by Gasteiger charge is 2.28. The van der Waals surface area contributed by atoms with Crippen molar-refractivity contribution in [2.75, 3.05) is 19.8 Å². The third kappa shape index (κ3) is 40.9. The predicted molar refractivity (Wildman–Crippen MR) is 244 cm³/mol. The largest absolute Gasteiger partial charge is 0.480 e. The van der Waals surface area contributed by atoms with Crippen LogP contribution in [0.2, 0.25) is 0 Å². The molecule has 0 aromatic heterocycles. The monoisotopic (exact) mass is 858 g/mol. The molecule has 0 bridgehead atoms. The van der Waals surface area contributed by atoms with Gasteiger partial charge < -0.3 is 25.2 Å². The van der Waals surface area contributed by atoms with Gasteiger partial charge in [0, 0.05) is 12.8 Å². The van der Waals surface area contributed by atoms with Crippen LogP contribution in [0, 0.1) is 0 Å². The van der Waals surface area contributed by atoms with E-state index < -0.39 is 57.7 Å². The zero-order valence-electron chi connectivity index (χ0n) is 36.5. The van der Waals surface area contributed by atoms with Gasteiger partial charge >= 0.3 is 25.7 Å². The number of rotatable bonds is 39. The number of hydrogen-bond acceptors (Lipinski definition) is 9. The Morgan fingerprint density at radius 3 is 1.45 bits per heavy atom. The standard InChI is InChI=1S/C48H76NO10P/c1-3-5-7-9-11-13-15-17-19-21-22-24-26-28-30-32-34-36-38-40-47(51)59-44(42-57-60(54,55)58-43-45(49)48(52)53)41-56-46(50)39-37-35-33-31-29-27-25-23-20-18-16-14-12-10-8-6-4-2/h5,7,11-14,17-20,22,24-25,27-28,30,34,36,44-45H,3-4,6,8-10,15-16,21,23,26,29,31-33,35,37-43,49H2,1-2H3,(H,52,53)(H,54,55)/b7-5+,13-11+,14-12+,19-17+,20-18+,24-22+,27-25+,30-28+,36-34+/t44-,45+/m1/s1. The minimum atomic E-state index is -4.75. The van der Waals surface area contributed by atoms with Crippen molar-refractivity contribution in [1.82, 2.24) is 0 Å². The van der Waals surface area contributed by atoms with E-state index >= 15 is 0 Å². The Morgan fingerprint density at radius 1 is 0.533 bits per heavy atom. The van der Waals surface area contributed by atoms with Crippen molar-refractivity contribution in [3.8, 4) is 0 Å². The Balaban J connectivity index is 4.56. The number of aliphatic carboxylic acids is 1. The molecular formula is C48H76NO10P. The Kier molecular flexibility index (Phi) is 39.2. The smallest absolute Gasteiger partial charge is 0.472 e. The van der Waals surface area contributed by atoms with Gasteiger partial charge in [-0.25, -0.2) is 4.57 Å². The number of carbonyl (C=O) groups excluding carboxylic acids is 2. The zero-order chi connectivity index (χ0) is 44.2. The van der Waals surface area contributed by atoms with Crippen LogP contribution in [0.3, 0.4) is 0 Å². The number of phosphoric acid groups is 1. The van der Waals surface area contributed by atoms with E-state index in [0.29, 0.717) is 19.3 Å². The lowest BCUT2D eigenvalue weighted by molar-refractivity contribution is -0.161. The van der Waals surface area contributed by atoms with E-state index in [1.807, 2.05) is 18.2 Å². The number of esters is 2. The molecule has 0 aromatic carbocycles. The molecule has 1 unspecified atom stereocenters. The lowest BCUT2D eigenvalue weighted by Gasteiger charge is -2.20. The van der Waals surface area contributed by atoms with Crippen LogP contribution >= 0.6 is 7.82 Å². The molecule has 0 radical (unpaired) electrons. The summed E-state index contributed by atoms with van der Waals surface area (Å²) >= 11 is 0. The molecule has 0 heterocycles. The number of carbonyl (C=O) groups is 3. The number of nitrogens with two attached hydrogens (primary N) is 1. The molecule has 11 nitrogen and oxygen atoms in total. The Labute approximate surface area is 361 Å². The molecule has 0 spiro atoms. The third-order valence-electron chi connectivity index (χ3n) is 8.52. The van der Waals surface area contributed by atoms with E-state index in [4.69, 9.17) is 24.8 Å². The number of hydrogen-bond donors (Lipinski definition) is 3. The summed E-state index contributed by atoms with van der Waals surface area (Å²) in [5.74, 6) is -2.53. The first-order chi connectivity index (χ1) is 29.1. The second-order valence-electron chi connectivity index (χ2n) is 14.1. The molecule has 0 amide bonds. The summed E-state index contributed by atoms with van der Waals surface area (Å²) in [6.45, 7) is 2.54. The van der Waals surface area contributed by atoms with Gasteiger partial charge in [-0.3, -0.25) is 23.4 Å². The van der Waals surface area contributed by atoms with Gasteiger partial charge in [-0.2, -0.15) is 0 Å². The molecule has 12 heteroatoms. The van der Waals surface area contributed by atoms with Crippen LogP contribution in [-0.2, 0) is 37.5 Å². The second kappa shape index (κ2) is 41.9. The van der Waals surface area contributed by atoms with Crippen molar-refractivity contribution < 1.29 is 47.5 Å². The normalized spacial score (nSPS) is 14.7. The molecule has 338 valence electrons. The van der Waals surface area contributed by atoms with Crippen molar-refractivity contribution in [1.29, 1.82) is 0 Å². The van der Waals surface area contributed by atoms with Gasteiger partial charge in [0.25, 0.3) is 0 Å². The van der Waals surface area contributed by atoms with Gasteiger partial charge in [0.05, 0.1) is 13.2 Å². The van der Waals surface area contributed by atoms with Crippen LogP contribution in [0.15, 0.2) is 109 Å². The van der Waals surface area contributed by atoms with Crippen LogP contribution in [0.4, 0.5) is 0 Å². The molecule has 0 fully saturated rings. The molecule has 3 atom stereocenters. The van der Waals surface area contributed by atoms with Crippen LogP contribution < -0.4 is 5.73 Å². The topological polar surface area (TPSA) is 172 Å². The lowest BCUT2D eigenvalue weighted by atomic mass is 10.1. The molecule has 0 saturated heterocycles. The van der Waals surface area contributed by atoms with Crippen molar-refractivity contribution >= 4 is 25.7 Å². The van der Waals surface area contributed by atoms with Gasteiger partial charge in [-0.05, 0) is 89.9 Å². The molecule has 0 aliphatic rings. The predicted octanol–water partition coefficient (Wildman–Crippen LogP) is 11.8. The van der Waals surface area contributed by atoms with Gasteiger partial charge in [-0.1, -0.05) is 149 Å². The van der Waals surface area contributed by atoms with E-state index in [1.165, 1.54) is 19.3 Å². The van der Waals surface area contributed by atoms with Crippen LogP contribution in [-0.4, -0.2) is 59.9 Å². The van der Waals surface area contributed by atoms with Crippen molar-refractivity contribution in [3.05, 3.63) is 109 Å². The number of ether oxygens (including phenoxy) is 2. The maximum absolute atomic E-state index is 12.6. The summed E-state index contributed by atoms with van der Waals surface area (Å²) in [4.78, 5) is 45.9. The van der Waals surface area contributed by atoms with E-state index in [0.717, 1.165) is 77.0 Å². The maximum Gasteiger partial charge on any atom is 0.472 e. The summed E-state index contributed by atoms with van der Waals surface area (Å²) in [7, 11) is -4.75. The molecule has 0 aliphatic carbocycles. The SMILES string of the molecule is CC/C=C/C/C=C/C/C=C/C/C=C/C/C=C/C/C=C/CCC(=O)O[C@H](COC(=O)CCCCCC/C=C/C/C=C/C/C=C/CCCCC)COP(=O)(O)OC[C@H](N)C(=O)O. The molecule has 60 heavy (non-hydrogen) atoms. The summed E-state index contributed by atoms with van der Waals surface area (Å²) < 4.78 is 32.6. The fraction of sp³-hybridized carbons (Fsp3) is 0.562. The van der Waals surface area contributed by atoms with E-state index in [2.05, 4.69) is 110 Å². The Morgan fingerprint density at radius 2 is 0.967 bits per heavy atom.